The predicted molar refractivity (Wildman–Crippen MR) is 125 cm³/mol. The average Bonchev–Trinajstić information content (AvgIpc) is 2.85. The van der Waals surface area contributed by atoms with Crippen LogP contribution in [0.15, 0.2) is 66.0 Å². The van der Waals surface area contributed by atoms with Crippen molar-refractivity contribution in [2.75, 3.05) is 43.5 Å². The first kappa shape index (κ1) is 23.0. The lowest BCUT2D eigenvalue weighted by atomic mass is 10.2. The first-order chi connectivity index (χ1) is 15.9. The number of anilines is 2. The summed E-state index contributed by atoms with van der Waals surface area (Å²) in [4.78, 5) is 23.1. The fourth-order valence-electron chi connectivity index (χ4n) is 3.53. The highest BCUT2D eigenvalue weighted by Crippen LogP contribution is 2.25. The standard InChI is InChI=1S/C22H22ClN5O4S/c1-32-20-7-2-16(23)14-19(20)22(29)26-17-3-5-18(6-4-17)33(30,31)28-12-10-27(11-13-28)21-15-24-8-9-25-21/h2-9,14-15H,10-13H2,1H3,(H,26,29). The molecule has 2 heterocycles. The molecular formula is C22H22ClN5O4S. The number of halogens is 1. The zero-order chi connectivity index (χ0) is 23.4. The third kappa shape index (κ3) is 5.08. The number of piperazine rings is 1. The Morgan fingerprint density at radius 3 is 2.42 bits per heavy atom. The third-order valence-corrected chi connectivity index (χ3v) is 7.42. The average molecular weight is 488 g/mol. The van der Waals surface area contributed by atoms with Gasteiger partial charge in [0.15, 0.2) is 0 Å². The number of benzene rings is 2. The van der Waals surface area contributed by atoms with Crippen LogP contribution in [0, 0.1) is 0 Å². The van der Waals surface area contributed by atoms with Crippen molar-refractivity contribution in [3.8, 4) is 5.75 Å². The molecule has 0 saturated carbocycles. The number of hydrogen-bond acceptors (Lipinski definition) is 7. The van der Waals surface area contributed by atoms with Crippen molar-refractivity contribution in [3.05, 3.63) is 71.6 Å². The fraction of sp³-hybridized carbons (Fsp3) is 0.227. The van der Waals surface area contributed by atoms with Crippen LogP contribution in [0.2, 0.25) is 5.02 Å². The van der Waals surface area contributed by atoms with Gasteiger partial charge in [0.2, 0.25) is 10.0 Å². The van der Waals surface area contributed by atoms with Crippen molar-refractivity contribution in [1.29, 1.82) is 0 Å². The van der Waals surface area contributed by atoms with Gasteiger partial charge < -0.3 is 15.0 Å². The van der Waals surface area contributed by atoms with Gasteiger partial charge in [-0.05, 0) is 42.5 Å². The molecular weight excluding hydrogens is 466 g/mol. The quantitative estimate of drug-likeness (QED) is 0.570. The minimum atomic E-state index is -3.66. The van der Waals surface area contributed by atoms with Gasteiger partial charge in [0.05, 0.1) is 23.8 Å². The molecule has 2 aromatic carbocycles. The van der Waals surface area contributed by atoms with Gasteiger partial charge in [-0.15, -0.1) is 0 Å². The zero-order valence-electron chi connectivity index (χ0n) is 17.8. The Hall–Kier alpha value is -3.21. The van der Waals surface area contributed by atoms with Crippen LogP contribution in [0.5, 0.6) is 5.75 Å². The van der Waals surface area contributed by atoms with Gasteiger partial charge in [-0.3, -0.25) is 9.78 Å². The summed E-state index contributed by atoms with van der Waals surface area (Å²) in [6, 6.07) is 10.8. The van der Waals surface area contributed by atoms with Crippen LogP contribution in [-0.2, 0) is 10.0 Å². The summed E-state index contributed by atoms with van der Waals surface area (Å²) in [7, 11) is -2.20. The van der Waals surface area contributed by atoms with Crippen molar-refractivity contribution >= 4 is 39.0 Å². The monoisotopic (exact) mass is 487 g/mol. The molecule has 1 N–H and O–H groups in total. The summed E-state index contributed by atoms with van der Waals surface area (Å²) >= 11 is 5.99. The van der Waals surface area contributed by atoms with Gasteiger partial charge in [0.1, 0.15) is 11.6 Å². The van der Waals surface area contributed by atoms with E-state index in [0.29, 0.717) is 42.6 Å². The van der Waals surface area contributed by atoms with E-state index < -0.39 is 15.9 Å². The van der Waals surface area contributed by atoms with Crippen molar-refractivity contribution in [2.24, 2.45) is 0 Å². The van der Waals surface area contributed by atoms with Gasteiger partial charge in [-0.2, -0.15) is 4.31 Å². The molecule has 4 rings (SSSR count). The number of carbonyl (C=O) groups excluding carboxylic acids is 1. The molecule has 0 radical (unpaired) electrons. The maximum Gasteiger partial charge on any atom is 0.259 e. The lowest BCUT2D eigenvalue weighted by Gasteiger charge is -2.34. The summed E-state index contributed by atoms with van der Waals surface area (Å²) in [6.45, 7) is 1.72. The molecule has 3 aromatic rings. The number of hydrogen-bond donors (Lipinski definition) is 1. The Morgan fingerprint density at radius 1 is 1.06 bits per heavy atom. The van der Waals surface area contributed by atoms with Crippen LogP contribution in [-0.4, -0.2) is 61.9 Å². The Labute approximate surface area is 197 Å². The number of ether oxygens (including phenoxy) is 1. The highest BCUT2D eigenvalue weighted by atomic mass is 35.5. The normalized spacial score (nSPS) is 14.7. The summed E-state index contributed by atoms with van der Waals surface area (Å²) < 4.78 is 32.8. The molecule has 11 heteroatoms. The minimum absolute atomic E-state index is 0.161. The molecule has 1 fully saturated rings. The van der Waals surface area contributed by atoms with E-state index >= 15 is 0 Å². The molecule has 1 amide bonds. The van der Waals surface area contributed by atoms with Crippen molar-refractivity contribution in [2.45, 2.75) is 4.90 Å². The number of nitrogens with one attached hydrogen (secondary N) is 1. The number of nitrogens with zero attached hydrogens (tertiary/aromatic N) is 4. The van der Waals surface area contributed by atoms with Crippen molar-refractivity contribution in [1.82, 2.24) is 14.3 Å². The fourth-order valence-corrected chi connectivity index (χ4v) is 5.12. The lowest BCUT2D eigenvalue weighted by molar-refractivity contribution is 0.102. The zero-order valence-corrected chi connectivity index (χ0v) is 19.4. The highest BCUT2D eigenvalue weighted by molar-refractivity contribution is 7.89. The van der Waals surface area contributed by atoms with Gasteiger partial charge in [-0.25, -0.2) is 13.4 Å². The molecule has 33 heavy (non-hydrogen) atoms. The maximum absolute atomic E-state index is 13.1. The number of rotatable bonds is 6. The van der Waals surface area contributed by atoms with Gasteiger partial charge >= 0.3 is 0 Å². The van der Waals surface area contributed by atoms with Gasteiger partial charge in [0, 0.05) is 49.3 Å². The summed E-state index contributed by atoms with van der Waals surface area (Å²) in [6.07, 6.45) is 4.87. The first-order valence-corrected chi connectivity index (χ1v) is 12.0. The maximum atomic E-state index is 13.1. The van der Waals surface area contributed by atoms with Crippen molar-refractivity contribution in [3.63, 3.8) is 0 Å². The second-order valence-electron chi connectivity index (χ2n) is 7.28. The predicted octanol–water partition coefficient (Wildman–Crippen LogP) is 2.90. The Morgan fingerprint density at radius 2 is 1.79 bits per heavy atom. The molecule has 0 spiro atoms. The van der Waals surface area contributed by atoms with Crippen LogP contribution in [0.3, 0.4) is 0 Å². The molecule has 1 aromatic heterocycles. The number of methoxy groups -OCH3 is 1. The molecule has 9 nitrogen and oxygen atoms in total. The van der Waals surface area contributed by atoms with Crippen LogP contribution in [0.25, 0.3) is 0 Å². The second-order valence-corrected chi connectivity index (χ2v) is 9.65. The SMILES string of the molecule is COc1ccc(Cl)cc1C(=O)Nc1ccc(S(=O)(=O)N2CCN(c3cnccn3)CC2)cc1. The van der Waals surface area contributed by atoms with E-state index in [2.05, 4.69) is 15.3 Å². The summed E-state index contributed by atoms with van der Waals surface area (Å²) in [5.74, 6) is 0.702. The second kappa shape index (κ2) is 9.74. The molecule has 0 aliphatic carbocycles. The molecule has 1 saturated heterocycles. The molecule has 1 aliphatic heterocycles. The van der Waals surface area contributed by atoms with Crippen LogP contribution in [0.1, 0.15) is 10.4 Å². The van der Waals surface area contributed by atoms with E-state index in [1.807, 2.05) is 4.90 Å². The van der Waals surface area contributed by atoms with Gasteiger partial charge in [0.25, 0.3) is 5.91 Å². The van der Waals surface area contributed by atoms with Crippen LogP contribution in [0.4, 0.5) is 11.5 Å². The number of carbonyl (C=O) groups is 1. The molecule has 0 atom stereocenters. The summed E-state index contributed by atoms with van der Waals surface area (Å²) in [5, 5.41) is 3.14. The van der Waals surface area contributed by atoms with Crippen LogP contribution < -0.4 is 15.0 Å². The largest absolute Gasteiger partial charge is 0.496 e. The number of sulfonamides is 1. The summed E-state index contributed by atoms with van der Waals surface area (Å²) in [5.41, 5.74) is 0.733. The van der Waals surface area contributed by atoms with Crippen LogP contribution >= 0.6 is 11.6 Å². The van der Waals surface area contributed by atoms with E-state index in [9.17, 15) is 13.2 Å². The van der Waals surface area contributed by atoms with E-state index in [1.165, 1.54) is 29.6 Å². The Balaban J connectivity index is 1.42. The number of aromatic nitrogens is 2. The highest BCUT2D eigenvalue weighted by Gasteiger charge is 2.29. The molecule has 1 aliphatic rings. The smallest absolute Gasteiger partial charge is 0.259 e. The first-order valence-electron chi connectivity index (χ1n) is 10.1. The molecule has 172 valence electrons. The molecule has 0 bridgehead atoms. The van der Waals surface area contributed by atoms with E-state index in [-0.39, 0.29) is 10.5 Å². The van der Waals surface area contributed by atoms with E-state index in [4.69, 9.17) is 16.3 Å². The molecule has 0 unspecified atom stereocenters. The Bertz CT molecular complexity index is 1230. The number of amides is 1. The Kier molecular flexibility index (Phi) is 6.77. The van der Waals surface area contributed by atoms with Crippen molar-refractivity contribution < 1.29 is 17.9 Å². The lowest BCUT2D eigenvalue weighted by Crippen LogP contribution is -2.48. The topological polar surface area (TPSA) is 105 Å². The van der Waals surface area contributed by atoms with Gasteiger partial charge in [-0.1, -0.05) is 11.6 Å². The minimum Gasteiger partial charge on any atom is -0.496 e. The van der Waals surface area contributed by atoms with E-state index in [0.717, 1.165) is 5.82 Å². The van der Waals surface area contributed by atoms with E-state index in [1.54, 1.807) is 42.9 Å². The third-order valence-electron chi connectivity index (χ3n) is 5.27.